The number of hydrogen-bond donors (Lipinski definition) is 1. The molecule has 0 bridgehead atoms. The van der Waals surface area contributed by atoms with Crippen LogP contribution in [0.3, 0.4) is 0 Å². The largest absolute Gasteiger partial charge is 0.388 e. The second-order valence-electron chi connectivity index (χ2n) is 4.14. The quantitative estimate of drug-likeness (QED) is 0.813. The van der Waals surface area contributed by atoms with Crippen molar-refractivity contribution in [3.8, 4) is 0 Å². The van der Waals surface area contributed by atoms with E-state index in [1.165, 1.54) is 0 Å². The van der Waals surface area contributed by atoms with E-state index >= 15 is 0 Å². The Morgan fingerprint density at radius 1 is 1.41 bits per heavy atom. The zero-order chi connectivity index (χ0) is 13.0. The van der Waals surface area contributed by atoms with E-state index in [0.717, 1.165) is 18.5 Å². The van der Waals surface area contributed by atoms with E-state index in [0.29, 0.717) is 22.7 Å². The number of nitrogens with zero attached hydrogens (tertiary/aromatic N) is 3. The molecule has 0 spiro atoms. The van der Waals surface area contributed by atoms with Gasteiger partial charge in [0.05, 0.1) is 0 Å². The highest BCUT2D eigenvalue weighted by Crippen LogP contribution is 2.15. The number of thiocarbonyl (C=S) groups is 1. The Bertz CT molecular complexity index is 401. The molecule has 1 heterocycles. The van der Waals surface area contributed by atoms with Crippen LogP contribution in [0.4, 0.5) is 5.95 Å². The molecule has 2 N–H and O–H groups in total. The molecule has 0 radical (unpaired) electrons. The monoisotopic (exact) mass is 252 g/mol. The average Bonchev–Trinajstić information content (AvgIpc) is 2.29. The molecule has 17 heavy (non-hydrogen) atoms. The molecule has 4 nitrogen and oxygen atoms in total. The third-order valence-corrected chi connectivity index (χ3v) is 3.11. The van der Waals surface area contributed by atoms with Crippen LogP contribution >= 0.6 is 12.2 Å². The summed E-state index contributed by atoms with van der Waals surface area (Å²) in [6.45, 7) is 6.25. The third kappa shape index (κ3) is 3.36. The minimum Gasteiger partial charge on any atom is -0.388 e. The molecule has 0 fully saturated rings. The number of hydrogen-bond acceptors (Lipinski definition) is 4. The van der Waals surface area contributed by atoms with Gasteiger partial charge in [-0.15, -0.1) is 0 Å². The summed E-state index contributed by atoms with van der Waals surface area (Å²) in [7, 11) is 2.01. The molecule has 94 valence electrons. The number of rotatable bonds is 5. The van der Waals surface area contributed by atoms with Gasteiger partial charge in [0.2, 0.25) is 5.95 Å². The molecular formula is C12H20N4S. The van der Waals surface area contributed by atoms with E-state index < -0.39 is 0 Å². The van der Waals surface area contributed by atoms with Crippen molar-refractivity contribution in [3.63, 3.8) is 0 Å². The van der Waals surface area contributed by atoms with Crippen molar-refractivity contribution < 1.29 is 0 Å². The fourth-order valence-electron chi connectivity index (χ4n) is 1.84. The predicted molar refractivity (Wildman–Crippen MR) is 75.4 cm³/mol. The standard InChI is InChI=1S/C12H20N4S/c1-5-9(6-2)16(4)12-14-8(3)7-10(15-12)11(13)17/h7,9H,5-6H2,1-4H3,(H2,13,17). The molecular weight excluding hydrogens is 232 g/mol. The van der Waals surface area contributed by atoms with Gasteiger partial charge in [0.25, 0.3) is 0 Å². The molecule has 1 aromatic rings. The predicted octanol–water partition coefficient (Wildman–Crippen LogP) is 2.04. The molecule has 1 rings (SSSR count). The van der Waals surface area contributed by atoms with E-state index in [1.54, 1.807) is 0 Å². The van der Waals surface area contributed by atoms with Crippen molar-refractivity contribution >= 4 is 23.2 Å². The van der Waals surface area contributed by atoms with Crippen molar-refractivity contribution in [2.24, 2.45) is 5.73 Å². The Balaban J connectivity index is 3.08. The zero-order valence-corrected chi connectivity index (χ0v) is 11.7. The van der Waals surface area contributed by atoms with Crippen LogP contribution in [0.25, 0.3) is 0 Å². The maximum Gasteiger partial charge on any atom is 0.226 e. The molecule has 1 aromatic heterocycles. The van der Waals surface area contributed by atoms with E-state index in [2.05, 4.69) is 28.7 Å². The van der Waals surface area contributed by atoms with Crippen LogP contribution in [0.1, 0.15) is 38.1 Å². The van der Waals surface area contributed by atoms with Gasteiger partial charge in [-0.05, 0) is 25.8 Å². The summed E-state index contributed by atoms with van der Waals surface area (Å²) in [5, 5.41) is 0. The van der Waals surface area contributed by atoms with Crippen molar-refractivity contribution in [2.75, 3.05) is 11.9 Å². The Morgan fingerprint density at radius 3 is 2.47 bits per heavy atom. The second-order valence-corrected chi connectivity index (χ2v) is 4.58. The molecule has 0 atom stereocenters. The van der Waals surface area contributed by atoms with Crippen LogP contribution in [0, 0.1) is 6.92 Å². The van der Waals surface area contributed by atoms with Gasteiger partial charge in [-0.3, -0.25) is 0 Å². The summed E-state index contributed by atoms with van der Waals surface area (Å²) in [5.41, 5.74) is 7.14. The Hall–Kier alpha value is -1.23. The minimum atomic E-state index is 0.315. The first kappa shape index (κ1) is 13.8. The molecule has 0 unspecified atom stereocenters. The zero-order valence-electron chi connectivity index (χ0n) is 10.9. The topological polar surface area (TPSA) is 55.0 Å². The van der Waals surface area contributed by atoms with Crippen molar-refractivity contribution in [1.29, 1.82) is 0 Å². The SMILES string of the molecule is CCC(CC)N(C)c1nc(C)cc(C(N)=S)n1. The van der Waals surface area contributed by atoms with Crippen molar-refractivity contribution in [3.05, 3.63) is 17.5 Å². The highest BCUT2D eigenvalue weighted by Gasteiger charge is 2.15. The van der Waals surface area contributed by atoms with Gasteiger partial charge in [0.15, 0.2) is 0 Å². The fraction of sp³-hybridized carbons (Fsp3) is 0.583. The average molecular weight is 252 g/mol. The maximum atomic E-state index is 5.62. The highest BCUT2D eigenvalue weighted by atomic mass is 32.1. The molecule has 0 saturated carbocycles. The summed E-state index contributed by atoms with van der Waals surface area (Å²) in [5.74, 6) is 0.696. The van der Waals surface area contributed by atoms with Crippen LogP contribution in [0.5, 0.6) is 0 Å². The van der Waals surface area contributed by atoms with Crippen LogP contribution in [0.15, 0.2) is 6.07 Å². The van der Waals surface area contributed by atoms with Gasteiger partial charge in [-0.2, -0.15) is 0 Å². The van der Waals surface area contributed by atoms with E-state index in [9.17, 15) is 0 Å². The van der Waals surface area contributed by atoms with Gasteiger partial charge in [0, 0.05) is 18.8 Å². The molecule has 5 heteroatoms. The Labute approximate surface area is 108 Å². The summed E-state index contributed by atoms with van der Waals surface area (Å²) in [6.07, 6.45) is 2.12. The molecule has 0 aliphatic rings. The number of aryl methyl sites for hydroxylation is 1. The van der Waals surface area contributed by atoms with Crippen LogP contribution in [-0.2, 0) is 0 Å². The number of aromatic nitrogens is 2. The third-order valence-electron chi connectivity index (χ3n) is 2.90. The lowest BCUT2D eigenvalue weighted by molar-refractivity contribution is 0.580. The molecule has 0 aliphatic carbocycles. The lowest BCUT2D eigenvalue weighted by Gasteiger charge is -2.26. The minimum absolute atomic E-state index is 0.315. The fourth-order valence-corrected chi connectivity index (χ4v) is 1.94. The second kappa shape index (κ2) is 5.91. The molecule has 0 amide bonds. The molecule has 0 aliphatic heterocycles. The summed E-state index contributed by atoms with van der Waals surface area (Å²) in [4.78, 5) is 11.2. The first-order valence-corrected chi connectivity index (χ1v) is 6.28. The lowest BCUT2D eigenvalue weighted by Crippen LogP contribution is -2.32. The maximum absolute atomic E-state index is 5.62. The molecule has 0 aromatic carbocycles. The van der Waals surface area contributed by atoms with Gasteiger partial charge >= 0.3 is 0 Å². The van der Waals surface area contributed by atoms with E-state index in [-0.39, 0.29) is 0 Å². The summed E-state index contributed by atoms with van der Waals surface area (Å²) >= 11 is 4.96. The smallest absolute Gasteiger partial charge is 0.226 e. The van der Waals surface area contributed by atoms with Gasteiger partial charge < -0.3 is 10.6 Å². The van der Waals surface area contributed by atoms with Crippen LogP contribution in [0.2, 0.25) is 0 Å². The summed E-state index contributed by atoms with van der Waals surface area (Å²) in [6, 6.07) is 2.25. The molecule has 0 saturated heterocycles. The first-order chi connectivity index (χ1) is 7.99. The van der Waals surface area contributed by atoms with Gasteiger partial charge in [-0.25, -0.2) is 9.97 Å². The van der Waals surface area contributed by atoms with Crippen molar-refractivity contribution in [2.45, 2.75) is 39.7 Å². The van der Waals surface area contributed by atoms with Crippen LogP contribution < -0.4 is 10.6 Å². The number of nitrogens with two attached hydrogens (primary N) is 1. The van der Waals surface area contributed by atoms with E-state index in [1.807, 2.05) is 20.0 Å². The van der Waals surface area contributed by atoms with Crippen LogP contribution in [-0.4, -0.2) is 28.0 Å². The Kier molecular flexibility index (Phi) is 4.81. The lowest BCUT2D eigenvalue weighted by atomic mass is 10.1. The van der Waals surface area contributed by atoms with E-state index in [4.69, 9.17) is 18.0 Å². The van der Waals surface area contributed by atoms with Crippen molar-refractivity contribution in [1.82, 2.24) is 9.97 Å². The van der Waals surface area contributed by atoms with Gasteiger partial charge in [0.1, 0.15) is 10.7 Å². The number of anilines is 1. The Morgan fingerprint density at radius 2 is 2.00 bits per heavy atom. The highest BCUT2D eigenvalue weighted by molar-refractivity contribution is 7.80. The summed E-state index contributed by atoms with van der Waals surface area (Å²) < 4.78 is 0. The first-order valence-electron chi connectivity index (χ1n) is 5.87. The van der Waals surface area contributed by atoms with Gasteiger partial charge in [-0.1, -0.05) is 26.1 Å². The normalized spacial score (nSPS) is 10.6.